The number of hydrogen-bond donors (Lipinski definition) is 0. The van der Waals surface area contributed by atoms with Crippen LogP contribution in [0.2, 0.25) is 0 Å². The van der Waals surface area contributed by atoms with Gasteiger partial charge in [-0.2, -0.15) is 0 Å². The largest absolute Gasteiger partial charge is 0.309 e. The van der Waals surface area contributed by atoms with Gasteiger partial charge in [0.05, 0.1) is 11.0 Å². The van der Waals surface area contributed by atoms with Crippen LogP contribution in [0.4, 0.5) is 0 Å². The molecule has 0 radical (unpaired) electrons. The number of para-hydroxylation sites is 2. The molecular weight excluding hydrogens is 963 g/mol. The molecule has 0 amide bonds. The molecule has 1 nitrogen and oxygen atoms in total. The lowest BCUT2D eigenvalue weighted by molar-refractivity contribution is 0.999. The molecule has 13 aromatic carbocycles. The number of hydrogen-bond acceptors (Lipinski definition) is 0. The van der Waals surface area contributed by atoms with Crippen molar-refractivity contribution in [1.82, 2.24) is 4.57 Å². The maximum absolute atomic E-state index is 2.50. The zero-order chi connectivity index (χ0) is 52.7. The monoisotopic (exact) mass is 1020 g/mol. The Morgan fingerprint density at radius 2 is 0.713 bits per heavy atom. The van der Waals surface area contributed by atoms with Crippen molar-refractivity contribution in [2.75, 3.05) is 0 Å². The van der Waals surface area contributed by atoms with Crippen LogP contribution in [-0.2, 0) is 12.8 Å². The molecule has 0 fully saturated rings. The topological polar surface area (TPSA) is 4.93 Å². The summed E-state index contributed by atoms with van der Waals surface area (Å²) in [4.78, 5) is 0. The first-order valence-corrected chi connectivity index (χ1v) is 28.5. The zero-order valence-corrected chi connectivity index (χ0v) is 44.4. The summed E-state index contributed by atoms with van der Waals surface area (Å²) in [7, 11) is 0. The average molecular weight is 1020 g/mol. The molecule has 1 heteroatoms. The van der Waals surface area contributed by atoms with E-state index in [1.165, 1.54) is 154 Å². The first-order chi connectivity index (χ1) is 39.7. The van der Waals surface area contributed by atoms with E-state index in [1.807, 2.05) is 0 Å². The number of benzene rings is 13. The maximum atomic E-state index is 2.50. The minimum Gasteiger partial charge on any atom is -0.309 e. The fraction of sp³-hybridized carbons (Fsp3) is 0.0633. The first kappa shape index (κ1) is 46.3. The molecular formula is C79H55N. The van der Waals surface area contributed by atoms with Gasteiger partial charge in [0.1, 0.15) is 0 Å². The quantitative estimate of drug-likeness (QED) is 0.151. The van der Waals surface area contributed by atoms with E-state index in [9.17, 15) is 0 Å². The standard InChI is InChI=1S/C43H30.C36H25N/c1-3-11-28(12-4-1)30-19-23-38-41(25-30)42-26-31(29-13-5-2-6-14-29)20-24-39(42)43(38)32-21-22-37-35-17-8-7-15-33(35)34-16-9-10-18-36(34)40(37)27-32;1-2-14-29-27(12-1)28-13-3-4-15-30(28)34-23-25(20-21-31(29)34)24-10-9-11-26(22-24)37-35-18-7-5-16-32(35)33-17-6-8-19-36(33)37/h1-8,10-15,17-27,43H,9,16H2;1-2,4-12,14-23H,3,13H2. The summed E-state index contributed by atoms with van der Waals surface area (Å²) in [6.45, 7) is 0. The van der Waals surface area contributed by atoms with Crippen LogP contribution >= 0.6 is 0 Å². The van der Waals surface area contributed by atoms with Gasteiger partial charge in [-0.25, -0.2) is 0 Å². The van der Waals surface area contributed by atoms with Gasteiger partial charge in [-0.1, -0.05) is 231 Å². The van der Waals surface area contributed by atoms with Crippen LogP contribution in [0.1, 0.15) is 57.7 Å². The third-order valence-corrected chi connectivity index (χ3v) is 17.7. The van der Waals surface area contributed by atoms with Crippen molar-refractivity contribution in [1.29, 1.82) is 0 Å². The van der Waals surface area contributed by atoms with E-state index in [0.29, 0.717) is 0 Å². The van der Waals surface area contributed by atoms with Crippen molar-refractivity contribution < 1.29 is 0 Å². The SMILES string of the molecule is C1=Cc2c(c3ccccc3c3ccc(-c4cccc(-n5c6ccccc6c6ccccc65)c4)cc23)CC1.C1=Cc2c(c3ccccc3c3ccc(C4c5ccc(-c6ccccc6)cc5-c5cc(-c6ccccc6)ccc54)cc23)CC1. The molecule has 0 bridgehead atoms. The van der Waals surface area contributed by atoms with Crippen LogP contribution in [0.3, 0.4) is 0 Å². The average Bonchev–Trinajstić information content (AvgIpc) is 4.17. The molecule has 0 aliphatic heterocycles. The summed E-state index contributed by atoms with van der Waals surface area (Å²) in [5, 5.41) is 13.5. The zero-order valence-electron chi connectivity index (χ0n) is 44.4. The third kappa shape index (κ3) is 7.53. The summed E-state index contributed by atoms with van der Waals surface area (Å²) in [5.74, 6) is 0.193. The van der Waals surface area contributed by atoms with Crippen LogP contribution in [0.15, 0.2) is 267 Å². The van der Waals surface area contributed by atoms with Gasteiger partial charge < -0.3 is 4.57 Å². The Labute approximate surface area is 466 Å². The Hall–Kier alpha value is -9.82. The highest BCUT2D eigenvalue weighted by Crippen LogP contribution is 2.51. The van der Waals surface area contributed by atoms with Gasteiger partial charge in [0.2, 0.25) is 0 Å². The highest BCUT2D eigenvalue weighted by Gasteiger charge is 2.31. The van der Waals surface area contributed by atoms with Gasteiger partial charge in [0.15, 0.2) is 0 Å². The molecule has 376 valence electrons. The Balaban J connectivity index is 0.000000134. The van der Waals surface area contributed by atoms with E-state index in [-0.39, 0.29) is 5.92 Å². The molecule has 0 atom stereocenters. The first-order valence-electron chi connectivity index (χ1n) is 28.5. The molecule has 0 N–H and O–H groups in total. The van der Waals surface area contributed by atoms with Crippen LogP contribution in [0.25, 0.3) is 127 Å². The van der Waals surface area contributed by atoms with Gasteiger partial charge in [-0.05, 0) is 201 Å². The molecule has 0 spiro atoms. The minimum absolute atomic E-state index is 0.193. The molecule has 0 saturated carbocycles. The van der Waals surface area contributed by atoms with E-state index < -0.39 is 0 Å². The van der Waals surface area contributed by atoms with Crippen LogP contribution in [0.5, 0.6) is 0 Å². The minimum atomic E-state index is 0.193. The van der Waals surface area contributed by atoms with E-state index in [1.54, 1.807) is 0 Å². The highest BCUT2D eigenvalue weighted by atomic mass is 15.0. The van der Waals surface area contributed by atoms with Gasteiger partial charge >= 0.3 is 0 Å². The van der Waals surface area contributed by atoms with E-state index in [4.69, 9.17) is 0 Å². The smallest absolute Gasteiger partial charge is 0.0541 e. The molecule has 80 heavy (non-hydrogen) atoms. The second kappa shape index (κ2) is 19.0. The lowest BCUT2D eigenvalue weighted by Gasteiger charge is -2.21. The Morgan fingerprint density at radius 1 is 0.287 bits per heavy atom. The molecule has 17 rings (SSSR count). The van der Waals surface area contributed by atoms with Gasteiger partial charge in [0.25, 0.3) is 0 Å². The summed E-state index contributed by atoms with van der Waals surface area (Å²) in [6.07, 6.45) is 13.8. The molecule has 3 aliphatic rings. The lowest BCUT2D eigenvalue weighted by Crippen LogP contribution is -2.02. The Bertz CT molecular complexity index is 4730. The summed E-state index contributed by atoms with van der Waals surface area (Å²) in [6, 6.07) is 94.3. The van der Waals surface area contributed by atoms with Gasteiger partial charge in [-0.3, -0.25) is 0 Å². The molecule has 1 aromatic heterocycles. The van der Waals surface area contributed by atoms with Gasteiger partial charge in [0, 0.05) is 22.4 Å². The molecule has 14 aromatic rings. The van der Waals surface area contributed by atoms with E-state index >= 15 is 0 Å². The summed E-state index contributed by atoms with van der Waals surface area (Å²) < 4.78 is 2.40. The van der Waals surface area contributed by atoms with E-state index in [2.05, 4.69) is 284 Å². The maximum Gasteiger partial charge on any atom is 0.0541 e. The number of aryl methyl sites for hydroxylation is 2. The highest BCUT2D eigenvalue weighted by molar-refractivity contribution is 6.15. The van der Waals surface area contributed by atoms with Crippen molar-refractivity contribution in [2.45, 2.75) is 31.6 Å². The fourth-order valence-corrected chi connectivity index (χ4v) is 14.0. The summed E-state index contributed by atoms with van der Waals surface area (Å²) >= 11 is 0. The third-order valence-electron chi connectivity index (χ3n) is 17.7. The molecule has 0 unspecified atom stereocenters. The summed E-state index contributed by atoms with van der Waals surface area (Å²) in [5.41, 5.74) is 23.8. The Kier molecular flexibility index (Phi) is 11.0. The number of aromatic nitrogens is 1. The van der Waals surface area contributed by atoms with Crippen molar-refractivity contribution in [3.63, 3.8) is 0 Å². The number of allylic oxidation sites excluding steroid dienone is 2. The Morgan fingerprint density at radius 3 is 1.27 bits per heavy atom. The second-order valence-corrected chi connectivity index (χ2v) is 22.0. The molecule has 3 aliphatic carbocycles. The second-order valence-electron chi connectivity index (χ2n) is 22.0. The fourth-order valence-electron chi connectivity index (χ4n) is 14.0. The van der Waals surface area contributed by atoms with Gasteiger partial charge in [-0.15, -0.1) is 0 Å². The van der Waals surface area contributed by atoms with Crippen molar-refractivity contribution in [2.24, 2.45) is 0 Å². The predicted octanol–water partition coefficient (Wildman–Crippen LogP) is 21.2. The number of rotatable bonds is 5. The van der Waals surface area contributed by atoms with Crippen LogP contribution < -0.4 is 0 Å². The van der Waals surface area contributed by atoms with Crippen molar-refractivity contribution in [3.05, 3.63) is 306 Å². The molecule has 0 saturated heterocycles. The van der Waals surface area contributed by atoms with E-state index in [0.717, 1.165) is 25.7 Å². The van der Waals surface area contributed by atoms with Crippen LogP contribution in [0, 0.1) is 0 Å². The number of fused-ring (bicyclic) bond motifs is 18. The predicted molar refractivity (Wildman–Crippen MR) is 341 cm³/mol. The normalized spacial score (nSPS) is 13.4. The molecule has 1 heterocycles. The van der Waals surface area contributed by atoms with Crippen molar-refractivity contribution in [3.8, 4) is 50.2 Å². The number of nitrogens with zero attached hydrogens (tertiary/aromatic N) is 1. The van der Waals surface area contributed by atoms with Crippen LogP contribution in [-0.4, -0.2) is 4.57 Å². The van der Waals surface area contributed by atoms with Crippen molar-refractivity contribution >= 4 is 77.0 Å². The lowest BCUT2D eigenvalue weighted by atomic mass is 9.83.